The molecule has 0 spiro atoms. The van der Waals surface area contributed by atoms with Crippen molar-refractivity contribution in [3.63, 3.8) is 0 Å². The number of aliphatic imine (C=N–C) groups is 1. The van der Waals surface area contributed by atoms with E-state index in [1.807, 2.05) is 0 Å². The Morgan fingerprint density at radius 3 is 1.84 bits per heavy atom. The molecule has 0 heterocycles. The van der Waals surface area contributed by atoms with Gasteiger partial charge in [0.2, 0.25) is 0 Å². The summed E-state index contributed by atoms with van der Waals surface area (Å²) in [5.41, 5.74) is 1.23. The molecule has 1 nitrogen and oxygen atoms in total. The van der Waals surface area contributed by atoms with Crippen molar-refractivity contribution in [2.75, 3.05) is 6.54 Å². The van der Waals surface area contributed by atoms with Crippen LogP contribution in [0.25, 0.3) is 0 Å². The zero-order chi connectivity index (χ0) is 21.1. The third-order valence-electron chi connectivity index (χ3n) is 4.88. The average Bonchev–Trinajstić information content (AvgIpc) is 2.84. The summed E-state index contributed by atoms with van der Waals surface area (Å²) in [5, 5.41) is 5.34. The molecule has 4 rings (SSSR count). The average molecular weight is 486 g/mol. The van der Waals surface area contributed by atoms with Crippen LogP contribution in [0.15, 0.2) is 120 Å². The summed E-state index contributed by atoms with van der Waals surface area (Å²) >= 11 is 0.545. The van der Waals surface area contributed by atoms with Gasteiger partial charge in [0.15, 0.2) is 0 Å². The molecule has 0 unspecified atom stereocenters. The third kappa shape index (κ3) is 6.25. The quantitative estimate of drug-likeness (QED) is 0.141. The van der Waals surface area contributed by atoms with E-state index < -0.39 is 7.92 Å². The van der Waals surface area contributed by atoms with Crippen molar-refractivity contribution < 1.29 is 0 Å². The van der Waals surface area contributed by atoms with Crippen molar-refractivity contribution >= 4 is 49.5 Å². The fourth-order valence-electron chi connectivity index (χ4n) is 3.41. The standard InChI is InChI=1S/C28H26NPSe/c1-4-14-25(15-5-1)30(26-16-6-2-7-17-26)28-20-11-10-13-24(28)23-29-21-12-22-31-27-18-8-3-9-19-27/h1-11,13-20,23H,12,21-22H2. The van der Waals surface area contributed by atoms with Crippen molar-refractivity contribution in [1.29, 1.82) is 0 Å². The molecule has 154 valence electrons. The second-order valence-electron chi connectivity index (χ2n) is 7.12. The van der Waals surface area contributed by atoms with E-state index in [0.717, 1.165) is 13.0 Å². The molecule has 0 radical (unpaired) electrons. The van der Waals surface area contributed by atoms with E-state index in [9.17, 15) is 0 Å². The van der Waals surface area contributed by atoms with Gasteiger partial charge < -0.3 is 0 Å². The second kappa shape index (κ2) is 11.8. The summed E-state index contributed by atoms with van der Waals surface area (Å²) in [5.74, 6) is 0. The molecule has 0 saturated carbocycles. The van der Waals surface area contributed by atoms with Crippen LogP contribution in [0.4, 0.5) is 0 Å². The van der Waals surface area contributed by atoms with Gasteiger partial charge in [-0.2, -0.15) is 0 Å². The van der Waals surface area contributed by atoms with Crippen LogP contribution in [-0.2, 0) is 0 Å². The number of nitrogens with zero attached hydrogens (tertiary/aromatic N) is 1. The van der Waals surface area contributed by atoms with Gasteiger partial charge in [-0.15, -0.1) is 0 Å². The summed E-state index contributed by atoms with van der Waals surface area (Å²) in [4.78, 5) is 4.80. The number of rotatable bonds is 9. The van der Waals surface area contributed by atoms with E-state index >= 15 is 0 Å². The van der Waals surface area contributed by atoms with E-state index in [2.05, 4.69) is 121 Å². The van der Waals surface area contributed by atoms with E-state index in [1.165, 1.54) is 31.3 Å². The number of benzene rings is 4. The molecule has 0 aliphatic carbocycles. The van der Waals surface area contributed by atoms with Crippen molar-refractivity contribution in [2.45, 2.75) is 11.7 Å². The monoisotopic (exact) mass is 487 g/mol. The minimum absolute atomic E-state index is 0.545. The van der Waals surface area contributed by atoms with Crippen LogP contribution in [0.5, 0.6) is 0 Å². The van der Waals surface area contributed by atoms with Crippen LogP contribution in [0.3, 0.4) is 0 Å². The molecular formula is C28H26NPSe. The maximum absolute atomic E-state index is 4.80. The number of hydrogen-bond acceptors (Lipinski definition) is 1. The Labute approximate surface area is 193 Å². The molecule has 0 fully saturated rings. The second-order valence-corrected chi connectivity index (χ2v) is 11.8. The molecule has 0 N–H and O–H groups in total. The molecule has 4 aromatic rings. The zero-order valence-corrected chi connectivity index (χ0v) is 20.1. The first kappa shape index (κ1) is 21.7. The number of hydrogen-bond donors (Lipinski definition) is 0. The Balaban J connectivity index is 1.49. The molecule has 0 aliphatic heterocycles. The summed E-state index contributed by atoms with van der Waals surface area (Å²) in [7, 11) is -0.613. The van der Waals surface area contributed by atoms with E-state index in [-0.39, 0.29) is 0 Å². The Morgan fingerprint density at radius 1 is 0.645 bits per heavy atom. The third-order valence-corrected chi connectivity index (χ3v) is 9.70. The molecule has 0 aromatic heterocycles. The molecule has 0 aliphatic rings. The fraction of sp³-hybridized carbons (Fsp3) is 0.107. The van der Waals surface area contributed by atoms with Crippen LogP contribution >= 0.6 is 7.92 Å². The van der Waals surface area contributed by atoms with E-state index in [1.54, 1.807) is 0 Å². The first-order valence-corrected chi connectivity index (χ1v) is 14.0. The Kier molecular flexibility index (Phi) is 8.25. The molecule has 31 heavy (non-hydrogen) atoms. The van der Waals surface area contributed by atoms with Crippen LogP contribution in [-0.4, -0.2) is 27.7 Å². The van der Waals surface area contributed by atoms with E-state index in [4.69, 9.17) is 4.99 Å². The zero-order valence-electron chi connectivity index (χ0n) is 17.5. The molecule has 0 amide bonds. The van der Waals surface area contributed by atoms with Crippen molar-refractivity contribution in [1.82, 2.24) is 0 Å². The van der Waals surface area contributed by atoms with Crippen molar-refractivity contribution in [3.05, 3.63) is 121 Å². The maximum atomic E-state index is 4.80. The fourth-order valence-corrected chi connectivity index (χ4v) is 7.63. The molecule has 0 atom stereocenters. The van der Waals surface area contributed by atoms with Crippen LogP contribution in [0.1, 0.15) is 12.0 Å². The Hall–Kier alpha value is -2.50. The summed E-state index contributed by atoms with van der Waals surface area (Å²) in [6, 6.07) is 41.3. The first-order valence-electron chi connectivity index (χ1n) is 10.6. The van der Waals surface area contributed by atoms with Gasteiger partial charge in [0.05, 0.1) is 0 Å². The molecule has 3 heteroatoms. The van der Waals surface area contributed by atoms with Crippen LogP contribution in [0.2, 0.25) is 5.32 Å². The van der Waals surface area contributed by atoms with E-state index in [0.29, 0.717) is 15.0 Å². The van der Waals surface area contributed by atoms with Crippen LogP contribution < -0.4 is 20.4 Å². The Bertz CT molecular complexity index is 1040. The van der Waals surface area contributed by atoms with Gasteiger partial charge in [-0.25, -0.2) is 0 Å². The first-order chi connectivity index (χ1) is 15.4. The molecular weight excluding hydrogens is 460 g/mol. The summed E-state index contributed by atoms with van der Waals surface area (Å²) < 4.78 is 1.47. The van der Waals surface area contributed by atoms with Gasteiger partial charge in [-0.1, -0.05) is 0 Å². The van der Waals surface area contributed by atoms with Gasteiger partial charge in [0.1, 0.15) is 0 Å². The van der Waals surface area contributed by atoms with Crippen molar-refractivity contribution in [3.8, 4) is 0 Å². The van der Waals surface area contributed by atoms with Crippen LogP contribution in [0, 0.1) is 0 Å². The van der Waals surface area contributed by atoms with Gasteiger partial charge >= 0.3 is 194 Å². The van der Waals surface area contributed by atoms with Crippen molar-refractivity contribution in [2.24, 2.45) is 4.99 Å². The van der Waals surface area contributed by atoms with Gasteiger partial charge in [0.25, 0.3) is 0 Å². The summed E-state index contributed by atoms with van der Waals surface area (Å²) in [6.45, 7) is 0.886. The predicted octanol–water partition coefficient (Wildman–Crippen LogP) is 4.70. The molecule has 0 saturated heterocycles. The van der Waals surface area contributed by atoms with Gasteiger partial charge in [-0.3, -0.25) is 0 Å². The molecule has 4 aromatic carbocycles. The SMILES string of the molecule is C(=NCCC[Se]c1ccccc1)c1ccccc1P(c1ccccc1)c1ccccc1. The topological polar surface area (TPSA) is 12.4 Å². The predicted molar refractivity (Wildman–Crippen MR) is 139 cm³/mol. The van der Waals surface area contributed by atoms with Gasteiger partial charge in [0, 0.05) is 0 Å². The van der Waals surface area contributed by atoms with Gasteiger partial charge in [-0.05, 0) is 0 Å². The normalized spacial score (nSPS) is 11.3. The molecule has 0 bridgehead atoms. The Morgan fingerprint density at radius 2 is 1.19 bits per heavy atom. The summed E-state index contributed by atoms with van der Waals surface area (Å²) in [6.07, 6.45) is 3.23. The minimum atomic E-state index is -0.613.